The summed E-state index contributed by atoms with van der Waals surface area (Å²) in [6.07, 6.45) is 6.83. The van der Waals surface area contributed by atoms with Gasteiger partial charge in [-0.25, -0.2) is 4.98 Å². The van der Waals surface area contributed by atoms with Crippen LogP contribution in [0, 0.1) is 12.3 Å². The van der Waals surface area contributed by atoms with Gasteiger partial charge in [0.15, 0.2) is 0 Å². The third kappa shape index (κ3) is 2.80. The number of aryl methyl sites for hydroxylation is 1. The van der Waals surface area contributed by atoms with Crippen molar-refractivity contribution in [2.75, 3.05) is 26.2 Å². The molecule has 120 valence electrons. The molecule has 2 aliphatic heterocycles. The second-order valence-corrected chi connectivity index (χ2v) is 7.59. The molecular formula is C16H22BrClN4. The Hall–Kier alpha value is -0.620. The molecule has 2 aromatic heterocycles. The number of likely N-dealkylation sites (tertiary alicyclic amines) is 1. The van der Waals surface area contributed by atoms with E-state index in [2.05, 4.69) is 54.7 Å². The summed E-state index contributed by atoms with van der Waals surface area (Å²) in [6.45, 7) is 7.93. The van der Waals surface area contributed by atoms with E-state index in [1.54, 1.807) is 0 Å². The number of pyridine rings is 1. The third-order valence-electron chi connectivity index (χ3n) is 5.07. The maximum Gasteiger partial charge on any atom is 0.139 e. The summed E-state index contributed by atoms with van der Waals surface area (Å²) in [6, 6.07) is 2.13. The maximum atomic E-state index is 4.59. The number of fused-ring (bicyclic) bond motifs is 1. The van der Waals surface area contributed by atoms with Crippen molar-refractivity contribution in [2.24, 2.45) is 5.41 Å². The van der Waals surface area contributed by atoms with E-state index in [0.29, 0.717) is 5.41 Å². The minimum Gasteiger partial charge on any atom is -0.316 e. The van der Waals surface area contributed by atoms with Crippen LogP contribution >= 0.6 is 28.3 Å². The van der Waals surface area contributed by atoms with Crippen LogP contribution in [0.1, 0.15) is 24.1 Å². The third-order valence-corrected chi connectivity index (χ3v) is 5.50. The van der Waals surface area contributed by atoms with E-state index in [1.807, 2.05) is 6.20 Å². The van der Waals surface area contributed by atoms with Crippen molar-refractivity contribution in [3.05, 3.63) is 34.2 Å². The molecule has 4 rings (SSSR count). The van der Waals surface area contributed by atoms with Crippen molar-refractivity contribution in [1.82, 2.24) is 19.6 Å². The molecule has 1 atom stereocenters. The second kappa shape index (κ2) is 6.11. The predicted molar refractivity (Wildman–Crippen MR) is 94.7 cm³/mol. The van der Waals surface area contributed by atoms with E-state index < -0.39 is 0 Å². The number of hydrogen-bond donors (Lipinski definition) is 1. The quantitative estimate of drug-likeness (QED) is 0.862. The zero-order chi connectivity index (χ0) is 14.4. The molecule has 0 bridgehead atoms. The molecule has 0 aliphatic carbocycles. The average molecular weight is 386 g/mol. The van der Waals surface area contributed by atoms with Crippen LogP contribution in [0.3, 0.4) is 0 Å². The van der Waals surface area contributed by atoms with E-state index in [1.165, 1.54) is 50.3 Å². The van der Waals surface area contributed by atoms with Crippen LogP contribution in [0.5, 0.6) is 0 Å². The van der Waals surface area contributed by atoms with Crippen LogP contribution < -0.4 is 5.32 Å². The highest BCUT2D eigenvalue weighted by Gasteiger charge is 2.40. The predicted octanol–water partition coefficient (Wildman–Crippen LogP) is 3.01. The summed E-state index contributed by atoms with van der Waals surface area (Å²) < 4.78 is 3.35. The molecule has 2 saturated heterocycles. The Morgan fingerprint density at radius 2 is 2.27 bits per heavy atom. The van der Waals surface area contributed by atoms with E-state index in [9.17, 15) is 0 Å². The van der Waals surface area contributed by atoms with Crippen molar-refractivity contribution in [3.63, 3.8) is 0 Å². The van der Waals surface area contributed by atoms with E-state index in [0.717, 1.165) is 16.7 Å². The number of rotatable bonds is 2. The lowest BCUT2D eigenvalue weighted by Crippen LogP contribution is -2.29. The van der Waals surface area contributed by atoms with Gasteiger partial charge in [-0.2, -0.15) is 0 Å². The average Bonchev–Trinajstić information content (AvgIpc) is 3.14. The topological polar surface area (TPSA) is 32.6 Å². The fourth-order valence-corrected chi connectivity index (χ4v) is 4.46. The molecule has 2 aromatic rings. The second-order valence-electron chi connectivity index (χ2n) is 6.67. The number of halogens is 2. The molecule has 22 heavy (non-hydrogen) atoms. The van der Waals surface area contributed by atoms with Crippen molar-refractivity contribution in [3.8, 4) is 0 Å². The fourth-order valence-electron chi connectivity index (χ4n) is 3.92. The Balaban J connectivity index is 0.00000144. The van der Waals surface area contributed by atoms with Crippen molar-refractivity contribution in [2.45, 2.75) is 26.3 Å². The molecule has 0 aromatic carbocycles. The molecule has 6 heteroatoms. The number of imidazole rings is 1. The number of nitrogens with zero attached hydrogens (tertiary/aromatic N) is 3. The Morgan fingerprint density at radius 3 is 3.05 bits per heavy atom. The molecule has 4 heterocycles. The number of nitrogens with one attached hydrogen (secondary N) is 1. The zero-order valence-electron chi connectivity index (χ0n) is 12.8. The highest BCUT2D eigenvalue weighted by Crippen LogP contribution is 2.36. The lowest BCUT2D eigenvalue weighted by Gasteiger charge is -2.22. The Labute approximate surface area is 145 Å². The van der Waals surface area contributed by atoms with Crippen LogP contribution in [0.15, 0.2) is 22.9 Å². The van der Waals surface area contributed by atoms with Crippen LogP contribution in [0.4, 0.5) is 0 Å². The highest BCUT2D eigenvalue weighted by atomic mass is 79.9. The lowest BCUT2D eigenvalue weighted by molar-refractivity contribution is 0.266. The van der Waals surface area contributed by atoms with Gasteiger partial charge < -0.3 is 9.72 Å². The highest BCUT2D eigenvalue weighted by molar-refractivity contribution is 9.10. The van der Waals surface area contributed by atoms with Gasteiger partial charge in [-0.1, -0.05) is 0 Å². The van der Waals surface area contributed by atoms with E-state index in [4.69, 9.17) is 0 Å². The summed E-state index contributed by atoms with van der Waals surface area (Å²) in [4.78, 5) is 7.18. The van der Waals surface area contributed by atoms with Crippen molar-refractivity contribution < 1.29 is 0 Å². The van der Waals surface area contributed by atoms with Gasteiger partial charge in [0.2, 0.25) is 0 Å². The van der Waals surface area contributed by atoms with Gasteiger partial charge in [0.25, 0.3) is 0 Å². The first-order valence-corrected chi connectivity index (χ1v) is 8.50. The van der Waals surface area contributed by atoms with Crippen LogP contribution in [0.25, 0.3) is 5.65 Å². The normalized spacial score (nSPS) is 25.2. The van der Waals surface area contributed by atoms with Gasteiger partial charge >= 0.3 is 0 Å². The van der Waals surface area contributed by atoms with E-state index in [-0.39, 0.29) is 12.4 Å². The minimum atomic E-state index is 0. The van der Waals surface area contributed by atoms with Crippen molar-refractivity contribution >= 4 is 34.0 Å². The first-order valence-electron chi connectivity index (χ1n) is 7.70. The standard InChI is InChI=1S/C16H21BrN4.ClH/c1-12-6-13(17)8-21-14(7-19-15(12)21)9-20-5-3-16(11-20)2-4-18-10-16;/h6-8,18H,2-5,9-11H2,1H3;1H. The van der Waals surface area contributed by atoms with Gasteiger partial charge in [-0.05, 0) is 65.8 Å². The van der Waals surface area contributed by atoms with Gasteiger partial charge in [0.1, 0.15) is 5.65 Å². The summed E-state index contributed by atoms with van der Waals surface area (Å²) in [7, 11) is 0. The lowest BCUT2D eigenvalue weighted by atomic mass is 9.87. The first-order chi connectivity index (χ1) is 10.2. The molecule has 2 fully saturated rings. The summed E-state index contributed by atoms with van der Waals surface area (Å²) >= 11 is 3.59. The fraction of sp³-hybridized carbons (Fsp3) is 0.562. The van der Waals surface area contributed by atoms with Gasteiger partial charge in [-0.3, -0.25) is 4.90 Å². The zero-order valence-corrected chi connectivity index (χ0v) is 15.2. The molecular weight excluding hydrogens is 364 g/mol. The SMILES string of the molecule is Cc1cc(Br)cn2c(CN3CCC4(CCNC4)C3)cnc12.Cl. The van der Waals surface area contributed by atoms with Crippen LogP contribution in [-0.2, 0) is 6.54 Å². The summed E-state index contributed by atoms with van der Waals surface area (Å²) in [5, 5.41) is 3.53. The molecule has 1 unspecified atom stereocenters. The Kier molecular flexibility index (Phi) is 4.52. The van der Waals surface area contributed by atoms with Crippen molar-refractivity contribution in [1.29, 1.82) is 0 Å². The number of hydrogen-bond acceptors (Lipinski definition) is 3. The molecule has 0 saturated carbocycles. The molecule has 1 N–H and O–H groups in total. The van der Waals surface area contributed by atoms with Gasteiger partial charge in [-0.15, -0.1) is 12.4 Å². The number of aromatic nitrogens is 2. The molecule has 1 spiro atoms. The Morgan fingerprint density at radius 1 is 1.41 bits per heavy atom. The van der Waals surface area contributed by atoms with Gasteiger partial charge in [0.05, 0.1) is 11.9 Å². The van der Waals surface area contributed by atoms with Crippen LogP contribution in [-0.4, -0.2) is 40.5 Å². The molecule has 0 radical (unpaired) electrons. The smallest absolute Gasteiger partial charge is 0.139 e. The van der Waals surface area contributed by atoms with Gasteiger partial charge in [0, 0.05) is 30.3 Å². The first kappa shape index (κ1) is 16.2. The van der Waals surface area contributed by atoms with E-state index >= 15 is 0 Å². The molecule has 4 nitrogen and oxygen atoms in total. The monoisotopic (exact) mass is 384 g/mol. The maximum absolute atomic E-state index is 4.59. The molecule has 2 aliphatic rings. The molecule has 0 amide bonds. The summed E-state index contributed by atoms with van der Waals surface area (Å²) in [5.41, 5.74) is 4.12. The van der Waals surface area contributed by atoms with Crippen LogP contribution in [0.2, 0.25) is 0 Å². The minimum absolute atomic E-state index is 0. The Bertz CT molecular complexity index is 678. The largest absolute Gasteiger partial charge is 0.316 e. The summed E-state index contributed by atoms with van der Waals surface area (Å²) in [5.74, 6) is 0.